The third kappa shape index (κ3) is 2.97. The van der Waals surface area contributed by atoms with E-state index in [0.29, 0.717) is 12.1 Å². The van der Waals surface area contributed by atoms with Crippen LogP contribution in [-0.2, 0) is 0 Å². The van der Waals surface area contributed by atoms with E-state index < -0.39 is 0 Å². The first-order chi connectivity index (χ1) is 6.36. The minimum absolute atomic E-state index is 0.517. The van der Waals surface area contributed by atoms with Gasteiger partial charge < -0.3 is 11.1 Å². The number of benzene rings is 1. The minimum atomic E-state index is 0.517. The van der Waals surface area contributed by atoms with Crippen LogP contribution in [0, 0.1) is 11.3 Å². The summed E-state index contributed by atoms with van der Waals surface area (Å²) in [4.78, 5) is 0. The molecule has 0 amide bonds. The lowest BCUT2D eigenvalue weighted by Crippen LogP contribution is -1.95. The van der Waals surface area contributed by atoms with Crippen LogP contribution in [0.15, 0.2) is 36.5 Å². The third-order valence-electron chi connectivity index (χ3n) is 1.52. The molecule has 0 unspecified atom stereocenters. The smallest absolute Gasteiger partial charge is 0.0991 e. The predicted octanol–water partition coefficient (Wildman–Crippen LogP) is 1.44. The first-order valence-corrected chi connectivity index (χ1v) is 3.98. The lowest BCUT2D eigenvalue weighted by Gasteiger charge is -1.98. The van der Waals surface area contributed by atoms with Gasteiger partial charge in [0, 0.05) is 12.2 Å². The second kappa shape index (κ2) is 4.96. The number of hydrogen-bond donors (Lipinski definition) is 2. The van der Waals surface area contributed by atoms with Crippen LogP contribution in [0.25, 0.3) is 0 Å². The Morgan fingerprint density at radius 2 is 2.08 bits per heavy atom. The van der Waals surface area contributed by atoms with Crippen molar-refractivity contribution in [3.8, 4) is 6.07 Å². The zero-order valence-electron chi connectivity index (χ0n) is 7.20. The van der Waals surface area contributed by atoms with Crippen LogP contribution in [0.3, 0.4) is 0 Å². The SMILES string of the molecule is N#Cc1ccc(N/C=C\CN)cc1. The molecule has 0 atom stereocenters. The average Bonchev–Trinajstić information content (AvgIpc) is 2.19. The summed E-state index contributed by atoms with van der Waals surface area (Å²) in [6.45, 7) is 0.517. The molecule has 3 nitrogen and oxygen atoms in total. The average molecular weight is 173 g/mol. The van der Waals surface area contributed by atoms with Gasteiger partial charge in [0.1, 0.15) is 0 Å². The van der Waals surface area contributed by atoms with E-state index >= 15 is 0 Å². The van der Waals surface area contributed by atoms with Gasteiger partial charge in [0.05, 0.1) is 11.6 Å². The molecule has 0 radical (unpaired) electrons. The molecule has 13 heavy (non-hydrogen) atoms. The Balaban J connectivity index is 2.60. The van der Waals surface area contributed by atoms with Crippen LogP contribution in [0.2, 0.25) is 0 Å². The molecule has 0 heterocycles. The molecule has 0 bridgehead atoms. The summed E-state index contributed by atoms with van der Waals surface area (Å²) < 4.78 is 0. The largest absolute Gasteiger partial charge is 0.362 e. The number of nitrogens with zero attached hydrogens (tertiary/aromatic N) is 1. The molecule has 3 N–H and O–H groups in total. The van der Waals surface area contributed by atoms with Gasteiger partial charge in [-0.05, 0) is 30.5 Å². The second-order valence-electron chi connectivity index (χ2n) is 2.47. The van der Waals surface area contributed by atoms with Crippen molar-refractivity contribution in [2.75, 3.05) is 11.9 Å². The van der Waals surface area contributed by atoms with Crippen molar-refractivity contribution in [2.24, 2.45) is 5.73 Å². The van der Waals surface area contributed by atoms with Crippen molar-refractivity contribution in [1.29, 1.82) is 5.26 Å². The molecule has 66 valence electrons. The maximum atomic E-state index is 8.54. The molecule has 1 aromatic carbocycles. The van der Waals surface area contributed by atoms with Crippen molar-refractivity contribution in [1.82, 2.24) is 0 Å². The van der Waals surface area contributed by atoms with Crippen LogP contribution in [-0.4, -0.2) is 6.54 Å². The van der Waals surface area contributed by atoms with Crippen LogP contribution < -0.4 is 11.1 Å². The van der Waals surface area contributed by atoms with Gasteiger partial charge >= 0.3 is 0 Å². The number of anilines is 1. The Bertz CT molecular complexity index is 319. The molecule has 0 aliphatic carbocycles. The molecular weight excluding hydrogens is 162 g/mol. The van der Waals surface area contributed by atoms with Crippen molar-refractivity contribution in [2.45, 2.75) is 0 Å². The number of nitriles is 1. The predicted molar refractivity (Wildman–Crippen MR) is 53.0 cm³/mol. The standard InChI is InChI=1S/C10H11N3/c11-6-1-7-13-10-4-2-9(8-12)3-5-10/h1-5,7,13H,6,11H2/b7-1-. The maximum absolute atomic E-state index is 8.54. The fourth-order valence-electron chi connectivity index (χ4n) is 0.864. The topological polar surface area (TPSA) is 61.8 Å². The Kier molecular flexibility index (Phi) is 3.55. The molecule has 1 rings (SSSR count). The highest BCUT2D eigenvalue weighted by atomic mass is 14.8. The zero-order valence-corrected chi connectivity index (χ0v) is 7.20. The molecule has 0 saturated carbocycles. The maximum Gasteiger partial charge on any atom is 0.0991 e. The van der Waals surface area contributed by atoms with E-state index in [9.17, 15) is 0 Å². The van der Waals surface area contributed by atoms with E-state index in [1.165, 1.54) is 0 Å². The van der Waals surface area contributed by atoms with Crippen molar-refractivity contribution in [3.05, 3.63) is 42.1 Å². The van der Waals surface area contributed by atoms with Crippen molar-refractivity contribution < 1.29 is 0 Å². The van der Waals surface area contributed by atoms with Gasteiger partial charge in [-0.25, -0.2) is 0 Å². The summed E-state index contributed by atoms with van der Waals surface area (Å²) in [5, 5.41) is 11.6. The first-order valence-electron chi connectivity index (χ1n) is 3.98. The molecule has 0 saturated heterocycles. The van der Waals surface area contributed by atoms with Crippen LogP contribution >= 0.6 is 0 Å². The molecule has 1 aromatic rings. The lowest BCUT2D eigenvalue weighted by atomic mass is 10.2. The Hall–Kier alpha value is -1.79. The zero-order chi connectivity index (χ0) is 9.52. The number of nitrogens with one attached hydrogen (secondary N) is 1. The quantitative estimate of drug-likeness (QED) is 0.727. The summed E-state index contributed by atoms with van der Waals surface area (Å²) in [7, 11) is 0. The van der Waals surface area contributed by atoms with Gasteiger partial charge in [0.15, 0.2) is 0 Å². The normalized spacial score (nSPS) is 9.85. The summed E-state index contributed by atoms with van der Waals surface area (Å²) in [5.41, 5.74) is 6.88. The molecule has 3 heteroatoms. The molecule has 0 fully saturated rings. The minimum Gasteiger partial charge on any atom is -0.362 e. The highest BCUT2D eigenvalue weighted by molar-refractivity contribution is 5.48. The summed E-state index contributed by atoms with van der Waals surface area (Å²) in [6, 6.07) is 9.27. The van der Waals surface area contributed by atoms with Gasteiger partial charge in [-0.15, -0.1) is 0 Å². The molecule has 0 aromatic heterocycles. The van der Waals surface area contributed by atoms with Gasteiger partial charge in [0.2, 0.25) is 0 Å². The Morgan fingerprint density at radius 1 is 1.38 bits per heavy atom. The van der Waals surface area contributed by atoms with Crippen LogP contribution in [0.1, 0.15) is 5.56 Å². The van der Waals surface area contributed by atoms with E-state index in [-0.39, 0.29) is 0 Å². The van der Waals surface area contributed by atoms with Crippen molar-refractivity contribution >= 4 is 5.69 Å². The number of nitrogens with two attached hydrogens (primary N) is 1. The van der Waals surface area contributed by atoms with Crippen LogP contribution in [0.4, 0.5) is 5.69 Å². The highest BCUT2D eigenvalue weighted by Gasteiger charge is 1.89. The molecular formula is C10H11N3. The fraction of sp³-hybridized carbons (Fsp3) is 0.100. The Labute approximate surface area is 77.5 Å². The lowest BCUT2D eigenvalue weighted by molar-refractivity contribution is 1.25. The van der Waals surface area contributed by atoms with Gasteiger partial charge in [-0.2, -0.15) is 5.26 Å². The van der Waals surface area contributed by atoms with E-state index in [1.807, 2.05) is 18.2 Å². The van der Waals surface area contributed by atoms with Crippen molar-refractivity contribution in [3.63, 3.8) is 0 Å². The third-order valence-corrected chi connectivity index (χ3v) is 1.52. The van der Waals surface area contributed by atoms with Gasteiger partial charge in [-0.1, -0.05) is 6.08 Å². The van der Waals surface area contributed by atoms with Gasteiger partial charge in [-0.3, -0.25) is 0 Å². The number of rotatable bonds is 3. The van der Waals surface area contributed by atoms with E-state index in [0.717, 1.165) is 5.69 Å². The second-order valence-corrected chi connectivity index (χ2v) is 2.47. The van der Waals surface area contributed by atoms with E-state index in [2.05, 4.69) is 11.4 Å². The molecule has 0 aliphatic heterocycles. The van der Waals surface area contributed by atoms with Crippen LogP contribution in [0.5, 0.6) is 0 Å². The molecule has 0 spiro atoms. The summed E-state index contributed by atoms with van der Waals surface area (Å²) >= 11 is 0. The van der Waals surface area contributed by atoms with Gasteiger partial charge in [0.25, 0.3) is 0 Å². The van der Waals surface area contributed by atoms with E-state index in [1.54, 1.807) is 18.3 Å². The van der Waals surface area contributed by atoms with E-state index in [4.69, 9.17) is 11.0 Å². The first kappa shape index (κ1) is 9.30. The Morgan fingerprint density at radius 3 is 2.62 bits per heavy atom. The highest BCUT2D eigenvalue weighted by Crippen LogP contribution is 2.08. The number of hydrogen-bond acceptors (Lipinski definition) is 3. The fourth-order valence-corrected chi connectivity index (χ4v) is 0.864. The molecule has 0 aliphatic rings. The summed E-state index contributed by atoms with van der Waals surface area (Å²) in [6.07, 6.45) is 3.60. The summed E-state index contributed by atoms with van der Waals surface area (Å²) in [5.74, 6) is 0. The monoisotopic (exact) mass is 173 g/mol.